The van der Waals surface area contributed by atoms with E-state index in [1.54, 1.807) is 44.2 Å². The SMILES string of the molecule is CC(C)(CO)NC(=O)c1ccc(-c2ccccc2F)s1. The maximum Gasteiger partial charge on any atom is 0.261 e. The third-order valence-electron chi connectivity index (χ3n) is 2.82. The molecular weight excluding hydrogens is 277 g/mol. The van der Waals surface area contributed by atoms with Crippen LogP contribution < -0.4 is 5.32 Å². The van der Waals surface area contributed by atoms with Gasteiger partial charge in [0.15, 0.2) is 0 Å². The molecule has 0 radical (unpaired) electrons. The van der Waals surface area contributed by atoms with Crippen LogP contribution in [0.4, 0.5) is 4.39 Å². The molecule has 106 valence electrons. The van der Waals surface area contributed by atoms with E-state index in [1.807, 2.05) is 0 Å². The summed E-state index contributed by atoms with van der Waals surface area (Å²) in [7, 11) is 0. The van der Waals surface area contributed by atoms with Gasteiger partial charge in [0, 0.05) is 10.4 Å². The summed E-state index contributed by atoms with van der Waals surface area (Å²) in [6.07, 6.45) is 0. The van der Waals surface area contributed by atoms with E-state index in [0.29, 0.717) is 15.3 Å². The molecule has 0 aliphatic carbocycles. The summed E-state index contributed by atoms with van der Waals surface area (Å²) in [5, 5.41) is 11.9. The number of hydrogen-bond acceptors (Lipinski definition) is 3. The molecule has 5 heteroatoms. The van der Waals surface area contributed by atoms with Gasteiger partial charge in [0.2, 0.25) is 0 Å². The van der Waals surface area contributed by atoms with Crippen LogP contribution in [-0.2, 0) is 0 Å². The Hall–Kier alpha value is -1.72. The number of carbonyl (C=O) groups is 1. The summed E-state index contributed by atoms with van der Waals surface area (Å²) in [5.74, 6) is -0.575. The molecule has 1 aromatic heterocycles. The third-order valence-corrected chi connectivity index (χ3v) is 3.93. The topological polar surface area (TPSA) is 49.3 Å². The van der Waals surface area contributed by atoms with Gasteiger partial charge in [-0.25, -0.2) is 4.39 Å². The van der Waals surface area contributed by atoms with E-state index < -0.39 is 5.54 Å². The van der Waals surface area contributed by atoms with Gasteiger partial charge in [0.25, 0.3) is 5.91 Å². The predicted octanol–water partition coefficient (Wildman–Crippen LogP) is 3.05. The number of hydrogen-bond donors (Lipinski definition) is 2. The highest BCUT2D eigenvalue weighted by Gasteiger charge is 2.21. The Morgan fingerprint density at radius 2 is 2.00 bits per heavy atom. The van der Waals surface area contributed by atoms with Crippen LogP contribution in [0.25, 0.3) is 10.4 Å². The van der Waals surface area contributed by atoms with Crippen molar-refractivity contribution in [1.82, 2.24) is 5.32 Å². The average molecular weight is 293 g/mol. The number of nitrogens with one attached hydrogen (secondary N) is 1. The minimum atomic E-state index is -0.681. The van der Waals surface area contributed by atoms with Gasteiger partial charge in [-0.05, 0) is 32.0 Å². The van der Waals surface area contributed by atoms with Crippen LogP contribution in [0, 0.1) is 5.82 Å². The first kappa shape index (κ1) is 14.7. The van der Waals surface area contributed by atoms with Crippen molar-refractivity contribution in [3.63, 3.8) is 0 Å². The summed E-state index contributed by atoms with van der Waals surface area (Å²) in [6, 6.07) is 9.85. The molecular formula is C15H16FNO2S. The fourth-order valence-electron chi connectivity index (χ4n) is 1.67. The highest BCUT2D eigenvalue weighted by Crippen LogP contribution is 2.30. The van der Waals surface area contributed by atoms with Crippen molar-refractivity contribution in [2.75, 3.05) is 6.61 Å². The lowest BCUT2D eigenvalue weighted by Gasteiger charge is -2.22. The van der Waals surface area contributed by atoms with Crippen molar-refractivity contribution in [3.8, 4) is 10.4 Å². The second-order valence-electron chi connectivity index (χ2n) is 5.14. The summed E-state index contributed by atoms with van der Waals surface area (Å²) in [6.45, 7) is 3.32. The maximum atomic E-state index is 13.7. The lowest BCUT2D eigenvalue weighted by molar-refractivity contribution is 0.0873. The number of rotatable bonds is 4. The quantitative estimate of drug-likeness (QED) is 0.910. The molecule has 0 unspecified atom stereocenters. The van der Waals surface area contributed by atoms with Crippen LogP contribution in [0.3, 0.4) is 0 Å². The van der Waals surface area contributed by atoms with E-state index >= 15 is 0 Å². The molecule has 0 fully saturated rings. The Balaban J connectivity index is 2.22. The molecule has 3 nitrogen and oxygen atoms in total. The first-order chi connectivity index (χ1) is 9.43. The Morgan fingerprint density at radius 3 is 2.65 bits per heavy atom. The van der Waals surface area contributed by atoms with Crippen LogP contribution in [0.15, 0.2) is 36.4 Å². The Kier molecular flexibility index (Phi) is 4.20. The zero-order valence-electron chi connectivity index (χ0n) is 11.3. The first-order valence-electron chi connectivity index (χ1n) is 6.21. The minimum Gasteiger partial charge on any atom is -0.394 e. The highest BCUT2D eigenvalue weighted by atomic mass is 32.1. The van der Waals surface area contributed by atoms with Crippen molar-refractivity contribution in [1.29, 1.82) is 0 Å². The number of amides is 1. The zero-order chi connectivity index (χ0) is 14.8. The van der Waals surface area contributed by atoms with Crippen LogP contribution in [0.2, 0.25) is 0 Å². The van der Waals surface area contributed by atoms with Crippen molar-refractivity contribution in [3.05, 3.63) is 47.1 Å². The summed E-state index contributed by atoms with van der Waals surface area (Å²) >= 11 is 1.23. The van der Waals surface area contributed by atoms with Gasteiger partial charge < -0.3 is 10.4 Å². The zero-order valence-corrected chi connectivity index (χ0v) is 12.1. The molecule has 0 saturated heterocycles. The lowest BCUT2D eigenvalue weighted by Crippen LogP contribution is -2.46. The fourth-order valence-corrected chi connectivity index (χ4v) is 2.60. The van der Waals surface area contributed by atoms with E-state index in [9.17, 15) is 9.18 Å². The number of benzene rings is 1. The smallest absolute Gasteiger partial charge is 0.261 e. The van der Waals surface area contributed by atoms with E-state index in [1.165, 1.54) is 17.4 Å². The van der Waals surface area contributed by atoms with Gasteiger partial charge in [-0.1, -0.05) is 18.2 Å². The standard InChI is InChI=1S/C15H16FNO2S/c1-15(2,9-18)17-14(19)13-8-7-12(20-13)10-5-3-4-6-11(10)16/h3-8,18H,9H2,1-2H3,(H,17,19). The van der Waals surface area contributed by atoms with Crippen LogP contribution in [-0.4, -0.2) is 23.2 Å². The fraction of sp³-hybridized carbons (Fsp3) is 0.267. The van der Waals surface area contributed by atoms with Crippen LogP contribution in [0.5, 0.6) is 0 Å². The average Bonchev–Trinajstić information content (AvgIpc) is 2.88. The maximum absolute atomic E-state index is 13.7. The Bertz CT molecular complexity index is 622. The molecule has 0 saturated carbocycles. The number of carbonyl (C=O) groups excluding carboxylic acids is 1. The molecule has 2 rings (SSSR count). The van der Waals surface area contributed by atoms with Crippen LogP contribution >= 0.6 is 11.3 Å². The van der Waals surface area contributed by atoms with E-state index in [2.05, 4.69) is 5.32 Å². The van der Waals surface area contributed by atoms with Crippen LogP contribution in [0.1, 0.15) is 23.5 Å². The Labute approximate surface area is 121 Å². The van der Waals surface area contributed by atoms with E-state index in [0.717, 1.165) is 0 Å². The molecule has 2 aromatic rings. The highest BCUT2D eigenvalue weighted by molar-refractivity contribution is 7.17. The monoisotopic (exact) mass is 293 g/mol. The summed E-state index contributed by atoms with van der Waals surface area (Å²) < 4.78 is 13.7. The van der Waals surface area contributed by atoms with Gasteiger partial charge in [-0.15, -0.1) is 11.3 Å². The number of aliphatic hydroxyl groups excluding tert-OH is 1. The van der Waals surface area contributed by atoms with Crippen molar-refractivity contribution < 1.29 is 14.3 Å². The number of halogens is 1. The molecule has 20 heavy (non-hydrogen) atoms. The largest absolute Gasteiger partial charge is 0.394 e. The number of thiophene rings is 1. The molecule has 0 aliphatic rings. The molecule has 0 aliphatic heterocycles. The molecule has 0 atom stereocenters. The van der Waals surface area contributed by atoms with Gasteiger partial charge in [-0.3, -0.25) is 4.79 Å². The molecule has 0 spiro atoms. The minimum absolute atomic E-state index is 0.149. The van der Waals surface area contributed by atoms with E-state index in [-0.39, 0.29) is 18.3 Å². The molecule has 1 amide bonds. The second kappa shape index (κ2) is 5.73. The molecule has 1 heterocycles. The van der Waals surface area contributed by atoms with Gasteiger partial charge in [-0.2, -0.15) is 0 Å². The normalized spacial score (nSPS) is 11.4. The summed E-state index contributed by atoms with van der Waals surface area (Å²) in [4.78, 5) is 13.2. The first-order valence-corrected chi connectivity index (χ1v) is 7.03. The third kappa shape index (κ3) is 3.23. The lowest BCUT2D eigenvalue weighted by atomic mass is 10.1. The Morgan fingerprint density at radius 1 is 1.30 bits per heavy atom. The number of aliphatic hydroxyl groups is 1. The predicted molar refractivity (Wildman–Crippen MR) is 78.3 cm³/mol. The molecule has 2 N–H and O–H groups in total. The molecule has 0 bridgehead atoms. The van der Waals surface area contributed by atoms with Gasteiger partial charge >= 0.3 is 0 Å². The van der Waals surface area contributed by atoms with E-state index in [4.69, 9.17) is 5.11 Å². The van der Waals surface area contributed by atoms with Crippen molar-refractivity contribution in [2.24, 2.45) is 0 Å². The molecule has 1 aromatic carbocycles. The summed E-state index contributed by atoms with van der Waals surface area (Å²) in [5.41, 5.74) is -0.197. The van der Waals surface area contributed by atoms with Crippen molar-refractivity contribution >= 4 is 17.2 Å². The van der Waals surface area contributed by atoms with Gasteiger partial charge in [0.05, 0.1) is 17.0 Å². The second-order valence-corrected chi connectivity index (χ2v) is 6.22. The van der Waals surface area contributed by atoms with Gasteiger partial charge in [0.1, 0.15) is 5.82 Å². The van der Waals surface area contributed by atoms with Crippen molar-refractivity contribution in [2.45, 2.75) is 19.4 Å².